The molecule has 4 heterocycles. The van der Waals surface area contributed by atoms with Crippen molar-refractivity contribution in [3.63, 3.8) is 0 Å². The summed E-state index contributed by atoms with van der Waals surface area (Å²) in [7, 11) is -4.54. The van der Waals surface area contributed by atoms with Gasteiger partial charge in [0.2, 0.25) is 0 Å². The number of nitrogens with one attached hydrogen (secondary N) is 3. The van der Waals surface area contributed by atoms with Gasteiger partial charge in [-0.1, -0.05) is 34.5 Å². The molecule has 2 aromatic heterocycles. The molecule has 2 aliphatic heterocycles. The Bertz CT molecular complexity index is 2390. The molecule has 1 unspecified atom stereocenters. The van der Waals surface area contributed by atoms with Crippen molar-refractivity contribution in [2.24, 2.45) is 5.92 Å². The van der Waals surface area contributed by atoms with Crippen LogP contribution in [-0.4, -0.2) is 80.1 Å². The third-order valence-corrected chi connectivity index (χ3v) is 13.3. The van der Waals surface area contributed by atoms with Gasteiger partial charge in [-0.3, -0.25) is 19.8 Å². The molecule has 1 aliphatic carbocycles. The first kappa shape index (κ1) is 38.8. The standard InChI is InChI=1S/C41H44BrN7O7S/c42-35-6-3-5-33-32(35)4-1-2-7-37(33)48-18-16-47(17-19-48)29-8-10-34(39(23-29)56-30-22-28-12-15-43-40(28)45-26-30)41(50)46-57(53,54)31-9-11-36(38(24-31)49(51)52)44-25-27-13-20-55-21-14-27/h3,5-6,8-12,15,22-24,26-27,37,44H,1-2,4,7,13-14,16-21,25H2,(H,43,45)(H,46,50). The number of piperazine rings is 1. The fraction of sp³-hybridized carbons (Fsp3) is 0.366. The van der Waals surface area contributed by atoms with Crippen LogP contribution in [0.1, 0.15) is 59.6 Å². The number of ether oxygens (including phenoxy) is 2. The Kier molecular flexibility index (Phi) is 11.5. The van der Waals surface area contributed by atoms with E-state index < -0.39 is 31.4 Å². The van der Waals surface area contributed by atoms with Crippen molar-refractivity contribution in [2.75, 3.05) is 56.2 Å². The number of carbonyl (C=O) groups is 1. The number of pyridine rings is 1. The zero-order valence-corrected chi connectivity index (χ0v) is 33.7. The maximum absolute atomic E-state index is 13.9. The molecule has 0 bridgehead atoms. The number of nitrogens with zero attached hydrogens (tertiary/aromatic N) is 4. The van der Waals surface area contributed by atoms with E-state index in [-0.39, 0.29) is 22.9 Å². The van der Waals surface area contributed by atoms with Gasteiger partial charge in [-0.05, 0) is 91.6 Å². The molecule has 298 valence electrons. The smallest absolute Gasteiger partial charge is 0.293 e. The molecule has 3 aliphatic rings. The van der Waals surface area contributed by atoms with Crippen LogP contribution in [0.15, 0.2) is 88.5 Å². The normalized spacial score (nSPS) is 18.1. The molecule has 0 saturated carbocycles. The Labute approximate surface area is 339 Å². The van der Waals surface area contributed by atoms with Gasteiger partial charge in [0.1, 0.15) is 22.8 Å². The Hall–Kier alpha value is -5.03. The zero-order valence-electron chi connectivity index (χ0n) is 31.3. The van der Waals surface area contributed by atoms with Gasteiger partial charge in [-0.15, -0.1) is 0 Å². The number of hydrogen-bond donors (Lipinski definition) is 3. The summed E-state index contributed by atoms with van der Waals surface area (Å²) in [6, 6.07) is 19.1. The van der Waals surface area contributed by atoms with Crippen LogP contribution in [0.2, 0.25) is 0 Å². The fourth-order valence-electron chi connectivity index (χ4n) is 8.12. The third kappa shape index (κ3) is 8.64. The number of halogens is 1. The summed E-state index contributed by atoms with van der Waals surface area (Å²) in [5.41, 5.74) is 4.06. The number of H-pyrrole nitrogens is 1. The number of anilines is 2. The lowest BCUT2D eigenvalue weighted by atomic mass is 9.97. The van der Waals surface area contributed by atoms with Crippen LogP contribution in [-0.2, 0) is 21.2 Å². The summed E-state index contributed by atoms with van der Waals surface area (Å²) in [6.07, 6.45) is 9.47. The van der Waals surface area contributed by atoms with E-state index in [1.54, 1.807) is 30.5 Å². The minimum absolute atomic E-state index is 0.0278. The molecular weight excluding hydrogens is 814 g/mol. The van der Waals surface area contributed by atoms with Gasteiger partial charge in [0.25, 0.3) is 21.6 Å². The first-order chi connectivity index (χ1) is 27.6. The van der Waals surface area contributed by atoms with E-state index in [0.29, 0.717) is 37.2 Å². The Morgan fingerprint density at radius 2 is 1.84 bits per heavy atom. The van der Waals surface area contributed by atoms with Gasteiger partial charge in [0.05, 0.1) is 21.6 Å². The second-order valence-corrected chi connectivity index (χ2v) is 17.3. The van der Waals surface area contributed by atoms with Crippen LogP contribution in [0.5, 0.6) is 11.5 Å². The summed E-state index contributed by atoms with van der Waals surface area (Å²) in [6.45, 7) is 4.93. The summed E-state index contributed by atoms with van der Waals surface area (Å²) in [5.74, 6) is -0.167. The molecule has 16 heteroatoms. The molecule has 8 rings (SSSR count). The number of nitro benzene ring substituents is 1. The van der Waals surface area contributed by atoms with Gasteiger partial charge in [-0.2, -0.15) is 0 Å². The molecule has 1 amide bonds. The Balaban J connectivity index is 1.02. The van der Waals surface area contributed by atoms with Crippen molar-refractivity contribution >= 4 is 60.0 Å². The van der Waals surface area contributed by atoms with Crippen LogP contribution >= 0.6 is 15.9 Å². The number of aromatic nitrogens is 2. The molecule has 57 heavy (non-hydrogen) atoms. The molecule has 0 radical (unpaired) electrons. The highest BCUT2D eigenvalue weighted by molar-refractivity contribution is 9.10. The van der Waals surface area contributed by atoms with E-state index in [1.807, 2.05) is 6.07 Å². The lowest BCUT2D eigenvalue weighted by Crippen LogP contribution is -2.47. The van der Waals surface area contributed by atoms with Gasteiger partial charge >= 0.3 is 0 Å². The van der Waals surface area contributed by atoms with Crippen molar-refractivity contribution < 1.29 is 27.6 Å². The Morgan fingerprint density at radius 3 is 2.65 bits per heavy atom. The van der Waals surface area contributed by atoms with Crippen molar-refractivity contribution in [3.8, 4) is 11.5 Å². The fourth-order valence-corrected chi connectivity index (χ4v) is 9.69. The van der Waals surface area contributed by atoms with E-state index >= 15 is 0 Å². The molecule has 3 aromatic carbocycles. The van der Waals surface area contributed by atoms with E-state index in [0.717, 1.165) is 69.0 Å². The monoisotopic (exact) mass is 857 g/mol. The van der Waals surface area contributed by atoms with E-state index in [4.69, 9.17) is 9.47 Å². The molecule has 2 saturated heterocycles. The third-order valence-electron chi connectivity index (χ3n) is 11.2. The number of sulfonamides is 1. The highest BCUT2D eigenvalue weighted by Gasteiger charge is 2.30. The van der Waals surface area contributed by atoms with Crippen molar-refractivity contribution in [2.45, 2.75) is 49.5 Å². The number of aromatic amines is 1. The SMILES string of the molecule is O=C(NS(=O)(=O)c1ccc(NCC2CCOCC2)c([N+](=O)[O-])c1)c1ccc(N2CCN(C3CCCCc4c(Br)cccc43)CC2)cc1Oc1cnc2[nH]ccc2c1. The molecule has 5 aromatic rings. The average Bonchev–Trinajstić information content (AvgIpc) is 3.58. The zero-order chi connectivity index (χ0) is 39.5. The molecule has 2 fully saturated rings. The van der Waals surface area contributed by atoms with Crippen LogP contribution in [0.4, 0.5) is 17.1 Å². The van der Waals surface area contributed by atoms with E-state index in [9.17, 15) is 23.3 Å². The minimum Gasteiger partial charge on any atom is -0.455 e. The van der Waals surface area contributed by atoms with E-state index in [1.165, 1.54) is 46.8 Å². The van der Waals surface area contributed by atoms with Gasteiger partial charge in [0, 0.05) is 85.9 Å². The first-order valence-electron chi connectivity index (χ1n) is 19.3. The lowest BCUT2D eigenvalue weighted by molar-refractivity contribution is -0.384. The number of fused-ring (bicyclic) bond motifs is 2. The Morgan fingerprint density at radius 1 is 1.02 bits per heavy atom. The maximum Gasteiger partial charge on any atom is 0.293 e. The first-order valence-corrected chi connectivity index (χ1v) is 21.6. The number of amides is 1. The number of carbonyl (C=O) groups excluding carboxylic acids is 1. The lowest BCUT2D eigenvalue weighted by Gasteiger charge is -2.40. The minimum atomic E-state index is -4.54. The predicted molar refractivity (Wildman–Crippen MR) is 221 cm³/mol. The highest BCUT2D eigenvalue weighted by atomic mass is 79.9. The van der Waals surface area contributed by atoms with Crippen molar-refractivity contribution in [1.82, 2.24) is 19.6 Å². The molecule has 0 spiro atoms. The van der Waals surface area contributed by atoms with Crippen LogP contribution in [0, 0.1) is 16.0 Å². The predicted octanol–water partition coefficient (Wildman–Crippen LogP) is 7.57. The molecular formula is C41H44BrN7O7S. The number of rotatable bonds is 11. The summed E-state index contributed by atoms with van der Waals surface area (Å²) >= 11 is 3.78. The molecule has 14 nitrogen and oxygen atoms in total. The average molecular weight is 859 g/mol. The van der Waals surface area contributed by atoms with Crippen molar-refractivity contribution in [3.05, 3.63) is 110 Å². The molecule has 3 N–H and O–H groups in total. The number of nitro groups is 1. The second kappa shape index (κ2) is 16.8. The number of hydrogen-bond acceptors (Lipinski definition) is 11. The van der Waals surface area contributed by atoms with Crippen molar-refractivity contribution in [1.29, 1.82) is 0 Å². The summed E-state index contributed by atoms with van der Waals surface area (Å²) in [5, 5.41) is 15.9. The maximum atomic E-state index is 13.9. The number of benzene rings is 3. The van der Waals surface area contributed by atoms with Gasteiger partial charge in [-0.25, -0.2) is 18.1 Å². The van der Waals surface area contributed by atoms with Crippen LogP contribution in [0.25, 0.3) is 11.0 Å². The largest absolute Gasteiger partial charge is 0.455 e. The topological polar surface area (TPSA) is 172 Å². The quantitative estimate of drug-likeness (QED) is 0.0680. The van der Waals surface area contributed by atoms with Crippen LogP contribution in [0.3, 0.4) is 0 Å². The summed E-state index contributed by atoms with van der Waals surface area (Å²) in [4.78, 5) is 37.1. The van der Waals surface area contributed by atoms with Gasteiger partial charge < -0.3 is 24.7 Å². The highest BCUT2D eigenvalue weighted by Crippen LogP contribution is 2.38. The van der Waals surface area contributed by atoms with Crippen LogP contribution < -0.4 is 19.7 Å². The second-order valence-electron chi connectivity index (χ2n) is 14.8. The molecule has 1 atom stereocenters. The summed E-state index contributed by atoms with van der Waals surface area (Å²) < 4.78 is 42.3. The van der Waals surface area contributed by atoms with Gasteiger partial charge in [0.15, 0.2) is 0 Å². The van der Waals surface area contributed by atoms with E-state index in [2.05, 4.69) is 63.9 Å².